The molecule has 0 saturated carbocycles. The average Bonchev–Trinajstić information content (AvgIpc) is 2.67. The van der Waals surface area contributed by atoms with Crippen molar-refractivity contribution in [2.45, 2.75) is 20.4 Å². The number of carbonyl (C=O) groups is 2. The molecule has 0 fully saturated rings. The number of hydrogen-bond acceptors (Lipinski definition) is 5. The van der Waals surface area contributed by atoms with Gasteiger partial charge in [0.15, 0.2) is 0 Å². The highest BCUT2D eigenvalue weighted by molar-refractivity contribution is 5.92. The summed E-state index contributed by atoms with van der Waals surface area (Å²) in [4.78, 5) is 31.9. The van der Waals surface area contributed by atoms with Crippen molar-refractivity contribution in [2.24, 2.45) is 0 Å². The lowest BCUT2D eigenvalue weighted by atomic mass is 10.1. The van der Waals surface area contributed by atoms with E-state index in [2.05, 4.69) is 25.9 Å². The third-order valence-electron chi connectivity index (χ3n) is 3.89. The highest BCUT2D eigenvalue weighted by Gasteiger charge is 2.09. The number of amides is 2. The number of hydrogen-bond donors (Lipinski definition) is 3. The molecule has 0 spiro atoms. The van der Waals surface area contributed by atoms with E-state index in [4.69, 9.17) is 0 Å². The van der Waals surface area contributed by atoms with Crippen molar-refractivity contribution in [3.05, 3.63) is 77.6 Å². The first kappa shape index (κ1) is 19.0. The largest absolute Gasteiger partial charge is 0.347 e. The number of rotatable bonds is 6. The Bertz CT molecular complexity index is 986. The standard InChI is InChI=1S/C21H21N5O2/c1-14-4-3-5-16(12-14)13-23-20(28)19-10-11-22-21(26-19)25-18-8-6-17(7-9-18)24-15(2)27/h3-12H,13H2,1-2H3,(H,23,28)(H,24,27)(H,22,25,26). The highest BCUT2D eigenvalue weighted by atomic mass is 16.2. The molecule has 2 amide bonds. The van der Waals surface area contributed by atoms with E-state index < -0.39 is 0 Å². The zero-order valence-electron chi connectivity index (χ0n) is 15.7. The molecule has 3 N–H and O–H groups in total. The number of nitrogens with zero attached hydrogens (tertiary/aromatic N) is 2. The summed E-state index contributed by atoms with van der Waals surface area (Å²) in [5, 5.41) is 8.61. The Labute approximate surface area is 163 Å². The Kier molecular flexibility index (Phi) is 5.96. The molecule has 3 rings (SSSR count). The molecule has 0 aliphatic rings. The van der Waals surface area contributed by atoms with Gasteiger partial charge in [-0.2, -0.15) is 0 Å². The van der Waals surface area contributed by atoms with Crippen molar-refractivity contribution in [2.75, 3.05) is 10.6 Å². The molecule has 3 aromatic rings. The summed E-state index contributed by atoms with van der Waals surface area (Å²) in [6, 6.07) is 16.6. The van der Waals surface area contributed by atoms with Crippen LogP contribution in [0.4, 0.5) is 17.3 Å². The average molecular weight is 375 g/mol. The predicted molar refractivity (Wildman–Crippen MR) is 108 cm³/mol. The minimum absolute atomic E-state index is 0.131. The molecule has 0 atom stereocenters. The monoisotopic (exact) mass is 375 g/mol. The fourth-order valence-electron chi connectivity index (χ4n) is 2.61. The van der Waals surface area contributed by atoms with Crippen molar-refractivity contribution >= 4 is 29.1 Å². The third kappa shape index (κ3) is 5.38. The summed E-state index contributed by atoms with van der Waals surface area (Å²) in [5.74, 6) is -0.0862. The molecule has 2 aromatic carbocycles. The van der Waals surface area contributed by atoms with Gasteiger partial charge in [0.1, 0.15) is 5.69 Å². The van der Waals surface area contributed by atoms with E-state index in [1.807, 2.05) is 31.2 Å². The van der Waals surface area contributed by atoms with E-state index in [0.29, 0.717) is 18.2 Å². The van der Waals surface area contributed by atoms with Gasteiger partial charge in [0, 0.05) is 31.0 Å². The van der Waals surface area contributed by atoms with Gasteiger partial charge in [-0.05, 0) is 42.8 Å². The molecular weight excluding hydrogens is 354 g/mol. The third-order valence-corrected chi connectivity index (χ3v) is 3.89. The van der Waals surface area contributed by atoms with Crippen molar-refractivity contribution in [3.8, 4) is 0 Å². The lowest BCUT2D eigenvalue weighted by Crippen LogP contribution is -2.24. The van der Waals surface area contributed by atoms with Crippen LogP contribution in [0.15, 0.2) is 60.8 Å². The molecule has 0 unspecified atom stereocenters. The van der Waals surface area contributed by atoms with Gasteiger partial charge < -0.3 is 16.0 Å². The van der Waals surface area contributed by atoms with Crippen LogP contribution < -0.4 is 16.0 Å². The van der Waals surface area contributed by atoms with Crippen LogP contribution in [0, 0.1) is 6.92 Å². The van der Waals surface area contributed by atoms with Gasteiger partial charge in [-0.3, -0.25) is 9.59 Å². The predicted octanol–water partition coefficient (Wildman–Crippen LogP) is 3.42. The van der Waals surface area contributed by atoms with E-state index >= 15 is 0 Å². The minimum Gasteiger partial charge on any atom is -0.347 e. The van der Waals surface area contributed by atoms with Crippen molar-refractivity contribution in [1.82, 2.24) is 15.3 Å². The number of nitrogens with one attached hydrogen (secondary N) is 3. The molecule has 7 nitrogen and oxygen atoms in total. The first-order valence-corrected chi connectivity index (χ1v) is 8.81. The molecule has 0 bridgehead atoms. The van der Waals surface area contributed by atoms with Crippen molar-refractivity contribution in [1.29, 1.82) is 0 Å². The van der Waals surface area contributed by atoms with Gasteiger partial charge in [-0.1, -0.05) is 29.8 Å². The Morgan fingerprint density at radius 3 is 2.46 bits per heavy atom. The summed E-state index contributed by atoms with van der Waals surface area (Å²) in [5.41, 5.74) is 3.89. The zero-order chi connectivity index (χ0) is 19.9. The number of aromatic nitrogens is 2. The van der Waals surface area contributed by atoms with Crippen LogP contribution in [0.2, 0.25) is 0 Å². The summed E-state index contributed by atoms with van der Waals surface area (Å²) >= 11 is 0. The summed E-state index contributed by atoms with van der Waals surface area (Å²) in [6.45, 7) is 3.89. The number of aryl methyl sites for hydroxylation is 1. The second-order valence-electron chi connectivity index (χ2n) is 6.32. The van der Waals surface area contributed by atoms with Crippen LogP contribution in [-0.2, 0) is 11.3 Å². The number of anilines is 3. The van der Waals surface area contributed by atoms with Crippen molar-refractivity contribution < 1.29 is 9.59 Å². The molecule has 0 radical (unpaired) electrons. The second kappa shape index (κ2) is 8.77. The van der Waals surface area contributed by atoms with E-state index in [-0.39, 0.29) is 17.5 Å². The zero-order valence-corrected chi connectivity index (χ0v) is 15.7. The van der Waals surface area contributed by atoms with Crippen LogP contribution >= 0.6 is 0 Å². The minimum atomic E-state index is -0.270. The number of carbonyl (C=O) groups excluding carboxylic acids is 2. The lowest BCUT2D eigenvalue weighted by Gasteiger charge is -2.09. The smallest absolute Gasteiger partial charge is 0.270 e. The van der Waals surface area contributed by atoms with Gasteiger partial charge in [0.25, 0.3) is 5.91 Å². The van der Waals surface area contributed by atoms with Gasteiger partial charge in [0.2, 0.25) is 11.9 Å². The lowest BCUT2D eigenvalue weighted by molar-refractivity contribution is -0.114. The molecule has 7 heteroatoms. The topological polar surface area (TPSA) is 96.0 Å². The quantitative estimate of drug-likeness (QED) is 0.613. The number of benzene rings is 2. The molecule has 0 aliphatic carbocycles. The van der Waals surface area contributed by atoms with Crippen LogP contribution in [0.1, 0.15) is 28.5 Å². The second-order valence-corrected chi connectivity index (χ2v) is 6.32. The Balaban J connectivity index is 1.63. The maximum Gasteiger partial charge on any atom is 0.270 e. The van der Waals surface area contributed by atoms with Crippen molar-refractivity contribution in [3.63, 3.8) is 0 Å². The van der Waals surface area contributed by atoms with E-state index in [1.165, 1.54) is 13.1 Å². The molecular formula is C21H21N5O2. The Morgan fingerprint density at radius 1 is 1.00 bits per heavy atom. The highest BCUT2D eigenvalue weighted by Crippen LogP contribution is 2.16. The summed E-state index contributed by atoms with van der Waals surface area (Å²) < 4.78 is 0. The molecule has 1 heterocycles. The maximum atomic E-state index is 12.4. The Morgan fingerprint density at radius 2 is 1.75 bits per heavy atom. The summed E-state index contributed by atoms with van der Waals surface area (Å²) in [7, 11) is 0. The van der Waals surface area contributed by atoms with Crippen LogP contribution in [0.3, 0.4) is 0 Å². The normalized spacial score (nSPS) is 10.2. The fourth-order valence-corrected chi connectivity index (χ4v) is 2.61. The SMILES string of the molecule is CC(=O)Nc1ccc(Nc2nccc(C(=O)NCc3cccc(C)c3)n2)cc1. The Hall–Kier alpha value is -3.74. The molecule has 28 heavy (non-hydrogen) atoms. The van der Waals surface area contributed by atoms with Gasteiger partial charge in [-0.25, -0.2) is 9.97 Å². The first-order chi connectivity index (χ1) is 13.5. The molecule has 0 saturated heterocycles. The molecule has 142 valence electrons. The van der Waals surface area contributed by atoms with E-state index in [9.17, 15) is 9.59 Å². The van der Waals surface area contributed by atoms with E-state index in [0.717, 1.165) is 16.8 Å². The first-order valence-electron chi connectivity index (χ1n) is 8.81. The summed E-state index contributed by atoms with van der Waals surface area (Å²) in [6.07, 6.45) is 1.53. The van der Waals surface area contributed by atoms with Gasteiger partial charge >= 0.3 is 0 Å². The van der Waals surface area contributed by atoms with Crippen LogP contribution in [-0.4, -0.2) is 21.8 Å². The maximum absolute atomic E-state index is 12.4. The van der Waals surface area contributed by atoms with Crippen LogP contribution in [0.5, 0.6) is 0 Å². The molecule has 1 aromatic heterocycles. The van der Waals surface area contributed by atoms with Crippen LogP contribution in [0.25, 0.3) is 0 Å². The fraction of sp³-hybridized carbons (Fsp3) is 0.143. The molecule has 0 aliphatic heterocycles. The van der Waals surface area contributed by atoms with E-state index in [1.54, 1.807) is 30.3 Å². The van der Waals surface area contributed by atoms with Gasteiger partial charge in [-0.15, -0.1) is 0 Å². The van der Waals surface area contributed by atoms with Gasteiger partial charge in [0.05, 0.1) is 0 Å².